The highest BCUT2D eigenvalue weighted by Gasteiger charge is 2.03. The van der Waals surface area contributed by atoms with Crippen LogP contribution in [0.25, 0.3) is 0 Å². The Labute approximate surface area is 143 Å². The van der Waals surface area contributed by atoms with Gasteiger partial charge in [-0.1, -0.05) is 24.3 Å². The number of rotatable bonds is 7. The molecule has 1 amide bonds. The van der Waals surface area contributed by atoms with Crippen LogP contribution in [-0.4, -0.2) is 25.2 Å². The Bertz CT molecular complexity index is 674. The molecule has 5 heteroatoms. The molecule has 0 bridgehead atoms. The van der Waals surface area contributed by atoms with Crippen molar-refractivity contribution in [1.29, 1.82) is 0 Å². The highest BCUT2D eigenvalue weighted by atomic mass is 16.2. The third-order valence-electron chi connectivity index (χ3n) is 3.85. The van der Waals surface area contributed by atoms with Crippen molar-refractivity contribution in [2.24, 2.45) is 10.8 Å². The van der Waals surface area contributed by atoms with Gasteiger partial charge >= 0.3 is 0 Å². The molecule has 126 valence electrons. The van der Waals surface area contributed by atoms with E-state index in [4.69, 9.17) is 5.73 Å². The maximum absolute atomic E-state index is 12.0. The second-order valence-corrected chi connectivity index (χ2v) is 5.36. The number of anilines is 1. The summed E-state index contributed by atoms with van der Waals surface area (Å²) < 4.78 is 0. The van der Waals surface area contributed by atoms with E-state index in [2.05, 4.69) is 41.4 Å². The van der Waals surface area contributed by atoms with E-state index < -0.39 is 0 Å². The van der Waals surface area contributed by atoms with Crippen LogP contribution in [0.2, 0.25) is 0 Å². The summed E-state index contributed by atoms with van der Waals surface area (Å²) in [6.45, 7) is 6.68. The Morgan fingerprint density at radius 1 is 1.08 bits per heavy atom. The number of nitrogens with two attached hydrogens (primary N) is 1. The Hall–Kier alpha value is -2.66. The molecule has 0 saturated carbocycles. The van der Waals surface area contributed by atoms with Gasteiger partial charge in [0.25, 0.3) is 5.91 Å². The topological polar surface area (TPSA) is 70.7 Å². The molecule has 0 radical (unpaired) electrons. The second-order valence-electron chi connectivity index (χ2n) is 5.36. The fourth-order valence-electron chi connectivity index (χ4n) is 2.38. The van der Waals surface area contributed by atoms with Gasteiger partial charge in [-0.15, -0.1) is 0 Å². The zero-order valence-electron chi connectivity index (χ0n) is 14.2. The Morgan fingerprint density at radius 2 is 1.71 bits per heavy atom. The van der Waals surface area contributed by atoms with Gasteiger partial charge in [-0.25, -0.2) is 5.43 Å². The van der Waals surface area contributed by atoms with Crippen molar-refractivity contribution >= 4 is 17.8 Å². The fraction of sp³-hybridized carbons (Fsp3) is 0.263. The maximum atomic E-state index is 12.0. The van der Waals surface area contributed by atoms with Gasteiger partial charge in [-0.3, -0.25) is 4.79 Å². The van der Waals surface area contributed by atoms with E-state index in [-0.39, 0.29) is 5.91 Å². The minimum Gasteiger partial charge on any atom is -0.372 e. The summed E-state index contributed by atoms with van der Waals surface area (Å²) in [5.74, 6) is -0.241. The highest BCUT2D eigenvalue weighted by molar-refractivity contribution is 5.94. The summed E-state index contributed by atoms with van der Waals surface area (Å²) in [6.07, 6.45) is 1.64. The Balaban J connectivity index is 1.94. The van der Waals surface area contributed by atoms with Crippen LogP contribution in [0.15, 0.2) is 53.6 Å². The van der Waals surface area contributed by atoms with Crippen molar-refractivity contribution in [3.63, 3.8) is 0 Å². The van der Waals surface area contributed by atoms with Gasteiger partial charge in [-0.05, 0) is 49.2 Å². The van der Waals surface area contributed by atoms with Crippen molar-refractivity contribution in [3.8, 4) is 0 Å². The molecule has 0 atom stereocenters. The molecule has 2 aromatic rings. The number of nitrogens with one attached hydrogen (secondary N) is 1. The largest absolute Gasteiger partial charge is 0.372 e. The van der Waals surface area contributed by atoms with E-state index >= 15 is 0 Å². The number of carbonyl (C=O) groups excluding carboxylic acids is 1. The molecule has 0 aliphatic heterocycles. The first kappa shape index (κ1) is 17.7. The summed E-state index contributed by atoms with van der Waals surface area (Å²) >= 11 is 0. The van der Waals surface area contributed by atoms with E-state index in [0.29, 0.717) is 12.1 Å². The van der Waals surface area contributed by atoms with Gasteiger partial charge in [0.2, 0.25) is 0 Å². The van der Waals surface area contributed by atoms with E-state index in [1.165, 1.54) is 5.69 Å². The summed E-state index contributed by atoms with van der Waals surface area (Å²) in [7, 11) is 0. The molecule has 0 fully saturated rings. The first-order chi connectivity index (χ1) is 11.7. The number of hydrogen-bond donors (Lipinski definition) is 2. The predicted molar refractivity (Wildman–Crippen MR) is 99.4 cm³/mol. The van der Waals surface area contributed by atoms with Gasteiger partial charge in [0.05, 0.1) is 6.21 Å². The van der Waals surface area contributed by atoms with Crippen molar-refractivity contribution in [3.05, 3.63) is 65.2 Å². The van der Waals surface area contributed by atoms with Crippen LogP contribution in [-0.2, 0) is 6.54 Å². The van der Waals surface area contributed by atoms with E-state index in [9.17, 15) is 4.79 Å². The lowest BCUT2D eigenvalue weighted by atomic mass is 10.1. The lowest BCUT2D eigenvalue weighted by molar-refractivity contribution is 0.0955. The average Bonchev–Trinajstić information content (AvgIpc) is 2.64. The molecule has 2 rings (SSSR count). The molecule has 0 aromatic heterocycles. The first-order valence-corrected chi connectivity index (χ1v) is 8.15. The van der Waals surface area contributed by atoms with E-state index in [1.807, 2.05) is 24.3 Å². The molecule has 5 nitrogen and oxygen atoms in total. The van der Waals surface area contributed by atoms with Gasteiger partial charge in [0.15, 0.2) is 0 Å². The zero-order chi connectivity index (χ0) is 17.4. The standard InChI is InChI=1S/C19H24N4O/c1-3-23(4-2)18-11-7-16(8-12-18)14-21-22-19(24)17-9-5-15(13-20)6-10-17/h5-12,14H,3-4,13,20H2,1-2H3,(H,22,24). The Kier molecular flexibility index (Phi) is 6.51. The summed E-state index contributed by atoms with van der Waals surface area (Å²) in [5, 5.41) is 4.01. The van der Waals surface area contributed by atoms with Crippen molar-refractivity contribution in [2.45, 2.75) is 20.4 Å². The summed E-state index contributed by atoms with van der Waals surface area (Å²) in [6, 6.07) is 15.2. The molecule has 0 spiro atoms. The molecule has 0 aliphatic carbocycles. The summed E-state index contributed by atoms with van der Waals surface area (Å²) in [5.41, 5.74) is 11.7. The normalized spacial score (nSPS) is 10.8. The van der Waals surface area contributed by atoms with Gasteiger partial charge in [0.1, 0.15) is 0 Å². The maximum Gasteiger partial charge on any atom is 0.271 e. The first-order valence-electron chi connectivity index (χ1n) is 8.15. The summed E-state index contributed by atoms with van der Waals surface area (Å²) in [4.78, 5) is 14.3. The fourth-order valence-corrected chi connectivity index (χ4v) is 2.38. The van der Waals surface area contributed by atoms with Crippen LogP contribution < -0.4 is 16.1 Å². The van der Waals surface area contributed by atoms with Crippen LogP contribution in [0.5, 0.6) is 0 Å². The number of nitrogens with zero attached hydrogens (tertiary/aromatic N) is 2. The Morgan fingerprint density at radius 3 is 2.25 bits per heavy atom. The van der Waals surface area contributed by atoms with Crippen LogP contribution in [0.1, 0.15) is 35.3 Å². The highest BCUT2D eigenvalue weighted by Crippen LogP contribution is 2.14. The molecular weight excluding hydrogens is 300 g/mol. The third-order valence-corrected chi connectivity index (χ3v) is 3.85. The van der Waals surface area contributed by atoms with Crippen molar-refractivity contribution in [2.75, 3.05) is 18.0 Å². The van der Waals surface area contributed by atoms with E-state index in [0.717, 1.165) is 24.2 Å². The van der Waals surface area contributed by atoms with Crippen molar-refractivity contribution < 1.29 is 4.79 Å². The van der Waals surface area contributed by atoms with Gasteiger partial charge in [0, 0.05) is 30.9 Å². The number of carbonyl (C=O) groups is 1. The van der Waals surface area contributed by atoms with Crippen LogP contribution in [0.3, 0.4) is 0 Å². The minimum atomic E-state index is -0.241. The molecule has 0 saturated heterocycles. The van der Waals surface area contributed by atoms with Crippen LogP contribution in [0.4, 0.5) is 5.69 Å². The van der Waals surface area contributed by atoms with Crippen LogP contribution >= 0.6 is 0 Å². The molecule has 24 heavy (non-hydrogen) atoms. The number of hydrogen-bond acceptors (Lipinski definition) is 4. The molecule has 0 heterocycles. The lowest BCUT2D eigenvalue weighted by Gasteiger charge is -2.20. The van der Waals surface area contributed by atoms with Crippen LogP contribution in [0, 0.1) is 0 Å². The smallest absolute Gasteiger partial charge is 0.271 e. The van der Waals surface area contributed by atoms with Gasteiger partial charge in [-0.2, -0.15) is 5.10 Å². The lowest BCUT2D eigenvalue weighted by Crippen LogP contribution is -2.21. The van der Waals surface area contributed by atoms with E-state index in [1.54, 1.807) is 18.3 Å². The molecule has 0 aliphatic rings. The minimum absolute atomic E-state index is 0.241. The number of hydrazone groups is 1. The van der Waals surface area contributed by atoms with Crippen molar-refractivity contribution in [1.82, 2.24) is 5.43 Å². The molecule has 3 N–H and O–H groups in total. The third kappa shape index (κ3) is 4.67. The number of benzene rings is 2. The van der Waals surface area contributed by atoms with Gasteiger partial charge < -0.3 is 10.6 Å². The second kappa shape index (κ2) is 8.84. The predicted octanol–water partition coefficient (Wildman–Crippen LogP) is 2.76. The average molecular weight is 324 g/mol. The number of amides is 1. The molecular formula is C19H24N4O. The molecule has 2 aromatic carbocycles. The zero-order valence-corrected chi connectivity index (χ0v) is 14.2. The molecule has 0 unspecified atom stereocenters. The quantitative estimate of drug-likeness (QED) is 0.608. The monoisotopic (exact) mass is 324 g/mol. The SMILES string of the molecule is CCN(CC)c1ccc(C=NNC(=O)c2ccc(CN)cc2)cc1.